The Morgan fingerprint density at radius 2 is 1.88 bits per heavy atom. The summed E-state index contributed by atoms with van der Waals surface area (Å²) in [5, 5.41) is 10.9. The zero-order chi connectivity index (χ0) is 29.3. The van der Waals surface area contributed by atoms with Crippen molar-refractivity contribution in [1.29, 1.82) is 0 Å². The van der Waals surface area contributed by atoms with Crippen LogP contribution in [0.3, 0.4) is 0 Å². The lowest BCUT2D eigenvalue weighted by Crippen LogP contribution is -2.48. The number of rotatable bonds is 8. The Kier molecular flexibility index (Phi) is 8.05. The van der Waals surface area contributed by atoms with Gasteiger partial charge in [0.25, 0.3) is 16.1 Å². The van der Waals surface area contributed by atoms with Gasteiger partial charge in [-0.25, -0.2) is 5.10 Å². The predicted molar refractivity (Wildman–Crippen MR) is 157 cm³/mol. The zero-order valence-electron chi connectivity index (χ0n) is 22.9. The van der Waals surface area contributed by atoms with Gasteiger partial charge >= 0.3 is 4.87 Å². The molecule has 0 saturated carbocycles. The molecule has 14 heteroatoms. The molecule has 2 atom stereocenters. The fourth-order valence-electron chi connectivity index (χ4n) is 5.32. The van der Waals surface area contributed by atoms with E-state index < -0.39 is 22.2 Å². The smallest absolute Gasteiger partial charge is 0.322 e. The van der Waals surface area contributed by atoms with Crippen LogP contribution in [-0.2, 0) is 21.6 Å². The van der Waals surface area contributed by atoms with Crippen molar-refractivity contribution in [2.45, 2.75) is 25.5 Å². The summed E-state index contributed by atoms with van der Waals surface area (Å²) in [6, 6.07) is 16.1. The highest BCUT2D eigenvalue weighted by Crippen LogP contribution is 2.31. The molecule has 4 heterocycles. The summed E-state index contributed by atoms with van der Waals surface area (Å²) in [4.78, 5) is 29.3. The number of benzene rings is 2. The number of carbonyl (C=O) groups excluding carboxylic acids is 1. The normalized spacial score (nSPS) is 20.1. The molecule has 220 valence electrons. The summed E-state index contributed by atoms with van der Waals surface area (Å²) < 4.78 is 40.7. The van der Waals surface area contributed by atoms with E-state index in [4.69, 9.17) is 9.47 Å². The molecule has 2 saturated heterocycles. The van der Waals surface area contributed by atoms with Gasteiger partial charge in [-0.1, -0.05) is 29.5 Å². The lowest BCUT2D eigenvalue weighted by Gasteiger charge is -2.30. The number of H-pyrrole nitrogens is 1. The summed E-state index contributed by atoms with van der Waals surface area (Å²) in [5.41, 5.74) is 3.23. The standard InChI is InChI=1S/C28H30N6O6S2/c1-18-14-20(22-4-2-3-5-24(22)29-18)17-40-21-8-6-19(7-9-21)26(35)30-25-16-34(15-23(25)27-31-32-28(36)41-27)42(37,38)33-10-12-39-13-11-33/h2-9,14,23,25H,10-13,15-17H2,1H3,(H,30,35)(H,32,36). The number of hydrogen-bond donors (Lipinski definition) is 2. The Bertz CT molecular complexity index is 1750. The van der Waals surface area contributed by atoms with E-state index >= 15 is 0 Å². The summed E-state index contributed by atoms with van der Waals surface area (Å²) >= 11 is 0.918. The van der Waals surface area contributed by atoms with Gasteiger partial charge in [-0.3, -0.25) is 14.6 Å². The van der Waals surface area contributed by atoms with Gasteiger partial charge in [0.05, 0.1) is 24.8 Å². The molecule has 2 aromatic heterocycles. The molecule has 6 rings (SSSR count). The van der Waals surface area contributed by atoms with Crippen molar-refractivity contribution < 1.29 is 22.7 Å². The van der Waals surface area contributed by atoms with Crippen LogP contribution in [-0.4, -0.2) is 83.6 Å². The largest absolute Gasteiger partial charge is 0.489 e. The maximum Gasteiger partial charge on any atom is 0.322 e. The van der Waals surface area contributed by atoms with E-state index in [1.165, 1.54) is 8.61 Å². The minimum absolute atomic E-state index is 0.0599. The van der Waals surface area contributed by atoms with Crippen LogP contribution in [0.4, 0.5) is 0 Å². The van der Waals surface area contributed by atoms with Crippen molar-refractivity contribution in [3.8, 4) is 5.75 Å². The molecule has 0 spiro atoms. The van der Waals surface area contributed by atoms with E-state index in [1.54, 1.807) is 24.3 Å². The molecular weight excluding hydrogens is 580 g/mol. The molecule has 42 heavy (non-hydrogen) atoms. The Labute approximate surface area is 246 Å². The zero-order valence-corrected chi connectivity index (χ0v) is 24.5. The molecule has 2 aliphatic rings. The lowest BCUT2D eigenvalue weighted by molar-refractivity contribution is 0.0705. The first-order valence-electron chi connectivity index (χ1n) is 13.6. The van der Waals surface area contributed by atoms with Crippen LogP contribution in [0, 0.1) is 6.92 Å². The van der Waals surface area contributed by atoms with Crippen molar-refractivity contribution in [2.75, 3.05) is 39.4 Å². The fourth-order valence-corrected chi connectivity index (χ4v) is 7.72. The molecule has 2 aromatic carbocycles. The monoisotopic (exact) mass is 610 g/mol. The SMILES string of the molecule is Cc1cc(COc2ccc(C(=O)NC3CN(S(=O)(=O)N4CCOCC4)CC3c3n[nH]c(=O)s3)cc2)c2ccccc2n1. The molecule has 0 radical (unpaired) electrons. The first-order valence-corrected chi connectivity index (χ1v) is 15.8. The van der Waals surface area contributed by atoms with Crippen LogP contribution in [0.1, 0.15) is 32.5 Å². The molecule has 2 N–H and O–H groups in total. The number of hydrogen-bond acceptors (Lipinski definition) is 9. The topological polar surface area (TPSA) is 147 Å². The van der Waals surface area contributed by atoms with E-state index in [0.29, 0.717) is 36.1 Å². The van der Waals surface area contributed by atoms with Gasteiger partial charge in [0.15, 0.2) is 0 Å². The number of aromatic amines is 1. The second-order valence-electron chi connectivity index (χ2n) is 10.2. The third kappa shape index (κ3) is 5.94. The number of aromatic nitrogens is 3. The van der Waals surface area contributed by atoms with Crippen LogP contribution in [0.5, 0.6) is 5.75 Å². The van der Waals surface area contributed by atoms with Crippen LogP contribution in [0.15, 0.2) is 59.4 Å². The Morgan fingerprint density at radius 1 is 1.12 bits per heavy atom. The highest BCUT2D eigenvalue weighted by molar-refractivity contribution is 7.86. The lowest BCUT2D eigenvalue weighted by atomic mass is 10.0. The third-order valence-electron chi connectivity index (χ3n) is 7.44. The number of aryl methyl sites for hydroxylation is 1. The summed E-state index contributed by atoms with van der Waals surface area (Å²) in [6.45, 7) is 3.64. The van der Waals surface area contributed by atoms with Crippen molar-refractivity contribution in [3.63, 3.8) is 0 Å². The quantitative estimate of drug-likeness (QED) is 0.308. The number of amides is 1. The third-order valence-corrected chi connectivity index (χ3v) is 10.3. The maximum atomic E-state index is 13.3. The van der Waals surface area contributed by atoms with E-state index in [1.807, 2.05) is 37.3 Å². The van der Waals surface area contributed by atoms with Crippen LogP contribution in [0.2, 0.25) is 0 Å². The van der Waals surface area contributed by atoms with E-state index in [2.05, 4.69) is 20.5 Å². The van der Waals surface area contributed by atoms with Gasteiger partial charge in [0.1, 0.15) is 17.4 Å². The number of pyridine rings is 1. The number of nitrogens with zero attached hydrogens (tertiary/aromatic N) is 4. The highest BCUT2D eigenvalue weighted by atomic mass is 32.2. The Hall–Kier alpha value is -3.69. The molecule has 1 amide bonds. The average molecular weight is 611 g/mol. The van der Waals surface area contributed by atoms with Gasteiger partial charge in [0, 0.05) is 54.3 Å². The number of ether oxygens (including phenoxy) is 2. The van der Waals surface area contributed by atoms with Crippen molar-refractivity contribution in [1.82, 2.24) is 29.1 Å². The molecule has 2 aliphatic heterocycles. The number of carbonyl (C=O) groups is 1. The first-order chi connectivity index (χ1) is 20.3. The molecular formula is C28H30N6O6S2. The number of nitrogens with one attached hydrogen (secondary N) is 2. The van der Waals surface area contributed by atoms with Crippen molar-refractivity contribution >= 4 is 38.4 Å². The van der Waals surface area contributed by atoms with Crippen molar-refractivity contribution in [2.24, 2.45) is 0 Å². The van der Waals surface area contributed by atoms with Gasteiger partial charge < -0.3 is 14.8 Å². The maximum absolute atomic E-state index is 13.3. The Morgan fingerprint density at radius 3 is 2.62 bits per heavy atom. The molecule has 2 unspecified atom stereocenters. The van der Waals surface area contributed by atoms with Crippen molar-refractivity contribution in [3.05, 3.63) is 86.1 Å². The molecule has 0 bridgehead atoms. The van der Waals surface area contributed by atoms with Gasteiger partial charge in [0.2, 0.25) is 0 Å². The van der Waals surface area contributed by atoms with Gasteiger partial charge in [-0.05, 0) is 43.3 Å². The average Bonchev–Trinajstić information content (AvgIpc) is 3.63. The van der Waals surface area contributed by atoms with Gasteiger partial charge in [-0.15, -0.1) is 0 Å². The minimum atomic E-state index is -3.78. The Balaban J connectivity index is 1.15. The van der Waals surface area contributed by atoms with E-state index in [0.717, 1.165) is 33.5 Å². The summed E-state index contributed by atoms with van der Waals surface area (Å²) in [5.74, 6) is -0.233. The van der Waals surface area contributed by atoms with Crippen LogP contribution < -0.4 is 14.9 Å². The number of fused-ring (bicyclic) bond motifs is 1. The first kappa shape index (κ1) is 28.4. The second-order valence-corrected chi connectivity index (χ2v) is 13.1. The molecule has 0 aliphatic carbocycles. The summed E-state index contributed by atoms with van der Waals surface area (Å²) in [6.07, 6.45) is 0. The molecule has 2 fully saturated rings. The molecule has 4 aromatic rings. The van der Waals surface area contributed by atoms with Crippen LogP contribution >= 0.6 is 11.3 Å². The van der Waals surface area contributed by atoms with Gasteiger partial charge in [-0.2, -0.15) is 22.1 Å². The highest BCUT2D eigenvalue weighted by Gasteiger charge is 2.44. The number of para-hydroxylation sites is 1. The number of morpholine rings is 1. The second kappa shape index (κ2) is 11.9. The van der Waals surface area contributed by atoms with Crippen LogP contribution in [0.25, 0.3) is 10.9 Å². The minimum Gasteiger partial charge on any atom is -0.489 e. The predicted octanol–water partition coefficient (Wildman–Crippen LogP) is 2.04. The van der Waals surface area contributed by atoms with E-state index in [-0.39, 0.29) is 37.0 Å². The molecule has 12 nitrogen and oxygen atoms in total. The fraction of sp³-hybridized carbons (Fsp3) is 0.357. The van der Waals surface area contributed by atoms with E-state index in [9.17, 15) is 18.0 Å². The summed E-state index contributed by atoms with van der Waals surface area (Å²) in [7, 11) is -3.78.